The lowest BCUT2D eigenvalue weighted by Gasteiger charge is -2.34. The van der Waals surface area contributed by atoms with Gasteiger partial charge in [-0.1, -0.05) is 54.6 Å². The van der Waals surface area contributed by atoms with Crippen molar-refractivity contribution in [1.29, 1.82) is 0 Å². The first-order valence-corrected chi connectivity index (χ1v) is 11.2. The first-order chi connectivity index (χ1) is 16.2. The van der Waals surface area contributed by atoms with Crippen LogP contribution in [0, 0.1) is 0 Å². The fourth-order valence-electron chi connectivity index (χ4n) is 4.49. The summed E-state index contributed by atoms with van der Waals surface area (Å²) in [6, 6.07) is 25.0. The van der Waals surface area contributed by atoms with Crippen LogP contribution in [-0.4, -0.2) is 33.9 Å². The summed E-state index contributed by atoms with van der Waals surface area (Å²) in [4.78, 5) is 24.5. The Labute approximate surface area is 193 Å². The van der Waals surface area contributed by atoms with Gasteiger partial charge in [0.1, 0.15) is 17.3 Å². The van der Waals surface area contributed by atoms with Gasteiger partial charge >= 0.3 is 0 Å². The van der Waals surface area contributed by atoms with Gasteiger partial charge in [-0.05, 0) is 42.7 Å². The number of aromatic hydroxyl groups is 1. The van der Waals surface area contributed by atoms with Gasteiger partial charge in [0.05, 0.1) is 0 Å². The molecule has 0 radical (unpaired) electrons. The number of phenols is 1. The molecular weight excluding hydrogens is 410 g/mol. The summed E-state index contributed by atoms with van der Waals surface area (Å²) in [7, 11) is 0. The van der Waals surface area contributed by atoms with Crippen LogP contribution in [0.1, 0.15) is 40.4 Å². The molecule has 1 aliphatic heterocycles. The molecular formula is C28H25N3O2. The smallest absolute Gasteiger partial charge is 0.212 e. The molecule has 2 aromatic heterocycles. The zero-order chi connectivity index (χ0) is 22.6. The zero-order valence-electron chi connectivity index (χ0n) is 18.3. The van der Waals surface area contributed by atoms with Gasteiger partial charge in [-0.3, -0.25) is 9.78 Å². The number of carbonyl (C=O) groups excluding carboxylic acids is 1. The number of para-hydroxylation sites is 1. The highest BCUT2D eigenvalue weighted by molar-refractivity contribution is 6.08. The van der Waals surface area contributed by atoms with Gasteiger partial charge in [-0.15, -0.1) is 0 Å². The maximum Gasteiger partial charge on any atom is 0.212 e. The molecule has 1 atom stereocenters. The number of hydrogen-bond donors (Lipinski definition) is 1. The number of phenolic OH excluding ortho intramolecular Hbond substituents is 1. The van der Waals surface area contributed by atoms with Crippen LogP contribution in [0.5, 0.6) is 5.75 Å². The van der Waals surface area contributed by atoms with E-state index in [2.05, 4.69) is 34.1 Å². The Bertz CT molecular complexity index is 1270. The standard InChI is InChI=1S/C28H25N3O2/c32-26-13-5-4-11-24(26)22-16-23(18-29-17-22)28(33)25-12-6-14-27(30-25)31-15-7-10-21(19-31)20-8-2-1-3-9-20/h1-6,8-9,11-14,16-18,21,32H,7,10,15,19H2. The van der Waals surface area contributed by atoms with Crippen LogP contribution in [0.25, 0.3) is 11.1 Å². The minimum absolute atomic E-state index is 0.155. The van der Waals surface area contributed by atoms with E-state index in [9.17, 15) is 9.90 Å². The van der Waals surface area contributed by atoms with Crippen LogP contribution in [-0.2, 0) is 0 Å². The van der Waals surface area contributed by atoms with Gasteiger partial charge in [0.2, 0.25) is 5.78 Å². The molecule has 0 aliphatic carbocycles. The lowest BCUT2D eigenvalue weighted by Crippen LogP contribution is -2.35. The Morgan fingerprint density at radius 2 is 1.76 bits per heavy atom. The number of pyridine rings is 2. The van der Waals surface area contributed by atoms with E-state index in [4.69, 9.17) is 4.98 Å². The van der Waals surface area contributed by atoms with E-state index in [1.54, 1.807) is 42.7 Å². The normalized spacial score (nSPS) is 15.9. The highest BCUT2D eigenvalue weighted by Crippen LogP contribution is 2.30. The Hall–Kier alpha value is -3.99. The lowest BCUT2D eigenvalue weighted by atomic mass is 9.90. The third-order valence-electron chi connectivity index (χ3n) is 6.20. The second-order valence-corrected chi connectivity index (χ2v) is 8.39. The Morgan fingerprint density at radius 3 is 2.61 bits per heavy atom. The molecule has 0 saturated carbocycles. The van der Waals surface area contributed by atoms with E-state index < -0.39 is 0 Å². The van der Waals surface area contributed by atoms with Crippen molar-refractivity contribution in [3.8, 4) is 16.9 Å². The third-order valence-corrected chi connectivity index (χ3v) is 6.20. The van der Waals surface area contributed by atoms with Crippen molar-refractivity contribution in [3.05, 3.63) is 108 Å². The van der Waals surface area contributed by atoms with Gasteiger partial charge in [0.25, 0.3) is 0 Å². The number of carbonyl (C=O) groups is 1. The van der Waals surface area contributed by atoms with E-state index in [1.807, 2.05) is 24.3 Å². The molecule has 5 heteroatoms. The van der Waals surface area contributed by atoms with Crippen LogP contribution in [0.15, 0.2) is 91.3 Å². The summed E-state index contributed by atoms with van der Waals surface area (Å²) in [6.07, 6.45) is 5.44. The van der Waals surface area contributed by atoms with Crippen LogP contribution < -0.4 is 4.90 Å². The molecule has 1 saturated heterocycles. The fourth-order valence-corrected chi connectivity index (χ4v) is 4.49. The molecule has 1 fully saturated rings. The molecule has 1 unspecified atom stereocenters. The molecule has 33 heavy (non-hydrogen) atoms. The summed E-state index contributed by atoms with van der Waals surface area (Å²) in [6.45, 7) is 1.82. The quantitative estimate of drug-likeness (QED) is 0.422. The monoisotopic (exact) mass is 435 g/mol. The van der Waals surface area contributed by atoms with Crippen molar-refractivity contribution < 1.29 is 9.90 Å². The molecule has 0 bridgehead atoms. The van der Waals surface area contributed by atoms with Gasteiger partial charge in [0, 0.05) is 48.1 Å². The van der Waals surface area contributed by atoms with Crippen molar-refractivity contribution in [3.63, 3.8) is 0 Å². The molecule has 164 valence electrons. The predicted molar refractivity (Wildman–Crippen MR) is 130 cm³/mol. The van der Waals surface area contributed by atoms with Crippen molar-refractivity contribution in [2.24, 2.45) is 0 Å². The molecule has 0 spiro atoms. The number of anilines is 1. The Morgan fingerprint density at radius 1 is 0.939 bits per heavy atom. The zero-order valence-corrected chi connectivity index (χ0v) is 18.3. The number of benzene rings is 2. The van der Waals surface area contributed by atoms with Gasteiger partial charge in [0.15, 0.2) is 0 Å². The van der Waals surface area contributed by atoms with Crippen LogP contribution in [0.2, 0.25) is 0 Å². The van der Waals surface area contributed by atoms with Crippen molar-refractivity contribution >= 4 is 11.6 Å². The van der Waals surface area contributed by atoms with E-state index in [-0.39, 0.29) is 11.5 Å². The largest absolute Gasteiger partial charge is 0.507 e. The molecule has 4 aromatic rings. The van der Waals surface area contributed by atoms with E-state index >= 15 is 0 Å². The number of hydrogen-bond acceptors (Lipinski definition) is 5. The molecule has 1 aliphatic rings. The number of piperidine rings is 1. The maximum absolute atomic E-state index is 13.3. The lowest BCUT2D eigenvalue weighted by molar-refractivity contribution is 0.103. The van der Waals surface area contributed by atoms with Crippen molar-refractivity contribution in [1.82, 2.24) is 9.97 Å². The summed E-state index contributed by atoms with van der Waals surface area (Å²) in [5, 5.41) is 10.2. The number of rotatable bonds is 5. The first-order valence-electron chi connectivity index (χ1n) is 11.2. The number of nitrogens with zero attached hydrogens (tertiary/aromatic N) is 3. The van der Waals surface area contributed by atoms with Gasteiger partial charge in [-0.2, -0.15) is 0 Å². The number of aromatic nitrogens is 2. The Balaban J connectivity index is 1.39. The molecule has 2 aromatic carbocycles. The number of ketones is 1. The molecule has 5 rings (SSSR count). The first kappa shape index (κ1) is 20.9. The predicted octanol–water partition coefficient (Wildman–Crippen LogP) is 5.46. The van der Waals surface area contributed by atoms with E-state index in [1.165, 1.54) is 5.56 Å². The second kappa shape index (κ2) is 9.25. The average molecular weight is 436 g/mol. The summed E-state index contributed by atoms with van der Waals surface area (Å²) >= 11 is 0. The Kier molecular flexibility index (Phi) is 5.85. The topological polar surface area (TPSA) is 66.3 Å². The molecule has 1 N–H and O–H groups in total. The highest BCUT2D eigenvalue weighted by Gasteiger charge is 2.23. The second-order valence-electron chi connectivity index (χ2n) is 8.39. The van der Waals surface area contributed by atoms with Crippen LogP contribution in [0.3, 0.4) is 0 Å². The van der Waals surface area contributed by atoms with Crippen molar-refractivity contribution in [2.75, 3.05) is 18.0 Å². The maximum atomic E-state index is 13.3. The van der Waals surface area contributed by atoms with Crippen LogP contribution in [0.4, 0.5) is 5.82 Å². The summed E-state index contributed by atoms with van der Waals surface area (Å²) < 4.78 is 0. The molecule has 0 amide bonds. The molecule has 5 nitrogen and oxygen atoms in total. The molecule has 3 heterocycles. The highest BCUT2D eigenvalue weighted by atomic mass is 16.3. The average Bonchev–Trinajstić information content (AvgIpc) is 2.89. The minimum atomic E-state index is -0.182. The van der Waals surface area contributed by atoms with Crippen molar-refractivity contribution in [2.45, 2.75) is 18.8 Å². The van der Waals surface area contributed by atoms with E-state index in [0.29, 0.717) is 28.3 Å². The minimum Gasteiger partial charge on any atom is -0.507 e. The fraction of sp³-hybridized carbons (Fsp3) is 0.179. The summed E-state index contributed by atoms with van der Waals surface area (Å²) in [5.74, 6) is 1.26. The van der Waals surface area contributed by atoms with E-state index in [0.717, 1.165) is 31.7 Å². The van der Waals surface area contributed by atoms with Crippen LogP contribution >= 0.6 is 0 Å². The van der Waals surface area contributed by atoms with Gasteiger partial charge < -0.3 is 10.0 Å². The SMILES string of the molecule is O=C(c1cncc(-c2ccccc2O)c1)c1cccc(N2CCCC(c3ccccc3)C2)n1. The van der Waals surface area contributed by atoms with Gasteiger partial charge in [-0.25, -0.2) is 4.98 Å². The summed E-state index contributed by atoms with van der Waals surface area (Å²) in [5.41, 5.74) is 3.52. The third kappa shape index (κ3) is 4.48.